The van der Waals surface area contributed by atoms with Crippen molar-refractivity contribution in [1.29, 1.82) is 0 Å². The second kappa shape index (κ2) is 5.78. The first-order valence-electron chi connectivity index (χ1n) is 7.41. The van der Waals surface area contributed by atoms with Gasteiger partial charge in [0.2, 0.25) is 12.7 Å². The molecule has 1 saturated heterocycles. The third kappa shape index (κ3) is 3.18. The molecule has 9 nitrogen and oxygen atoms in total. The highest BCUT2D eigenvalue weighted by Gasteiger charge is 2.28. The van der Waals surface area contributed by atoms with E-state index in [2.05, 4.69) is 25.8 Å². The molecule has 1 aromatic heterocycles. The minimum atomic E-state index is -2.95. The van der Waals surface area contributed by atoms with Crippen molar-refractivity contribution in [3.05, 3.63) is 24.4 Å². The highest BCUT2D eigenvalue weighted by Crippen LogP contribution is 2.34. The highest BCUT2D eigenvalue weighted by molar-refractivity contribution is 7.91. The van der Waals surface area contributed by atoms with Crippen molar-refractivity contribution in [3.8, 4) is 11.5 Å². The molecular weight excluding hydrogens is 334 g/mol. The van der Waals surface area contributed by atoms with Gasteiger partial charge in [0, 0.05) is 17.8 Å². The van der Waals surface area contributed by atoms with E-state index < -0.39 is 9.84 Å². The Morgan fingerprint density at radius 1 is 1.21 bits per heavy atom. The lowest BCUT2D eigenvalue weighted by atomic mass is 10.3. The molecule has 24 heavy (non-hydrogen) atoms. The molecule has 3 heterocycles. The monoisotopic (exact) mass is 349 g/mol. The molecule has 0 amide bonds. The number of benzene rings is 1. The second-order valence-electron chi connectivity index (χ2n) is 5.60. The van der Waals surface area contributed by atoms with Gasteiger partial charge in [0.15, 0.2) is 27.2 Å². The maximum atomic E-state index is 11.5. The standard InChI is InChI=1S/C14H15N5O4S/c20-24(21)4-3-10(7-24)16-13-6-15-19-14(18-13)17-9-1-2-11-12(5-9)23-8-22-11/h1-2,5-6,10H,3-4,7-8H2,(H2,16,17,18,19). The average Bonchev–Trinajstić information content (AvgIpc) is 3.13. The Kier molecular flexibility index (Phi) is 3.60. The van der Waals surface area contributed by atoms with Gasteiger partial charge in [-0.15, -0.1) is 5.10 Å². The summed E-state index contributed by atoms with van der Waals surface area (Å²) in [5, 5.41) is 13.9. The van der Waals surface area contributed by atoms with Crippen LogP contribution in [0.1, 0.15) is 6.42 Å². The van der Waals surface area contributed by atoms with Crippen LogP contribution in [0.3, 0.4) is 0 Å². The summed E-state index contributed by atoms with van der Waals surface area (Å²) >= 11 is 0. The van der Waals surface area contributed by atoms with Crippen molar-refractivity contribution < 1.29 is 17.9 Å². The number of nitrogens with zero attached hydrogens (tertiary/aromatic N) is 3. The van der Waals surface area contributed by atoms with Gasteiger partial charge in [-0.2, -0.15) is 10.1 Å². The van der Waals surface area contributed by atoms with Gasteiger partial charge < -0.3 is 20.1 Å². The third-order valence-corrected chi connectivity index (χ3v) is 5.54. The Bertz CT molecular complexity index is 873. The van der Waals surface area contributed by atoms with Crippen molar-refractivity contribution in [2.75, 3.05) is 28.9 Å². The fraction of sp³-hybridized carbons (Fsp3) is 0.357. The minimum Gasteiger partial charge on any atom is -0.454 e. The first kappa shape index (κ1) is 14.9. The summed E-state index contributed by atoms with van der Waals surface area (Å²) in [7, 11) is -2.95. The number of hydrogen-bond donors (Lipinski definition) is 2. The maximum absolute atomic E-state index is 11.5. The molecule has 0 bridgehead atoms. The molecule has 0 spiro atoms. The number of aromatic nitrogens is 3. The van der Waals surface area contributed by atoms with Crippen LogP contribution in [0.15, 0.2) is 24.4 Å². The van der Waals surface area contributed by atoms with E-state index in [1.165, 1.54) is 6.20 Å². The number of rotatable bonds is 4. The van der Waals surface area contributed by atoms with Gasteiger partial charge in [-0.25, -0.2) is 8.42 Å². The zero-order chi connectivity index (χ0) is 16.6. The molecular formula is C14H15N5O4S. The predicted molar refractivity (Wildman–Crippen MR) is 86.4 cm³/mol. The zero-order valence-electron chi connectivity index (χ0n) is 12.6. The molecule has 0 saturated carbocycles. The van der Waals surface area contributed by atoms with Gasteiger partial charge in [0.25, 0.3) is 0 Å². The largest absolute Gasteiger partial charge is 0.454 e. The van der Waals surface area contributed by atoms with Crippen molar-refractivity contribution in [2.45, 2.75) is 12.5 Å². The van der Waals surface area contributed by atoms with Crippen molar-refractivity contribution in [1.82, 2.24) is 15.2 Å². The van der Waals surface area contributed by atoms with Crippen LogP contribution in [-0.2, 0) is 9.84 Å². The van der Waals surface area contributed by atoms with Crippen LogP contribution in [0.5, 0.6) is 11.5 Å². The lowest BCUT2D eigenvalue weighted by molar-refractivity contribution is 0.174. The molecule has 10 heteroatoms. The zero-order valence-corrected chi connectivity index (χ0v) is 13.4. The first-order chi connectivity index (χ1) is 11.6. The van der Waals surface area contributed by atoms with E-state index in [0.29, 0.717) is 29.7 Å². The lowest BCUT2D eigenvalue weighted by Crippen LogP contribution is -2.21. The Morgan fingerprint density at radius 2 is 2.08 bits per heavy atom. The van der Waals surface area contributed by atoms with Crippen LogP contribution < -0.4 is 20.1 Å². The number of ether oxygens (including phenoxy) is 2. The molecule has 1 fully saturated rings. The smallest absolute Gasteiger partial charge is 0.249 e. The quantitative estimate of drug-likeness (QED) is 0.832. The van der Waals surface area contributed by atoms with Crippen molar-refractivity contribution >= 4 is 27.3 Å². The number of fused-ring (bicyclic) bond motifs is 1. The Hall–Kier alpha value is -2.62. The minimum absolute atomic E-state index is 0.113. The first-order valence-corrected chi connectivity index (χ1v) is 9.23. The summed E-state index contributed by atoms with van der Waals surface area (Å²) in [4.78, 5) is 4.31. The molecule has 2 aromatic rings. The lowest BCUT2D eigenvalue weighted by Gasteiger charge is -2.12. The Morgan fingerprint density at radius 3 is 2.92 bits per heavy atom. The summed E-state index contributed by atoms with van der Waals surface area (Å²) in [6, 6.07) is 5.25. The summed E-state index contributed by atoms with van der Waals surface area (Å²) in [5.41, 5.74) is 0.738. The van der Waals surface area contributed by atoms with Gasteiger partial charge in [0.05, 0.1) is 17.7 Å². The molecule has 0 radical (unpaired) electrons. The molecule has 4 rings (SSSR count). The summed E-state index contributed by atoms with van der Waals surface area (Å²) in [5.74, 6) is 2.44. The van der Waals surface area contributed by atoms with E-state index in [4.69, 9.17) is 9.47 Å². The number of nitrogens with one attached hydrogen (secondary N) is 2. The second-order valence-corrected chi connectivity index (χ2v) is 7.83. The van der Waals surface area contributed by atoms with Crippen LogP contribution >= 0.6 is 0 Å². The van der Waals surface area contributed by atoms with E-state index in [9.17, 15) is 8.42 Å². The summed E-state index contributed by atoms with van der Waals surface area (Å²) in [6.45, 7) is 0.209. The number of sulfone groups is 1. The van der Waals surface area contributed by atoms with Gasteiger partial charge in [0.1, 0.15) is 0 Å². The SMILES string of the molecule is O=S1(=O)CCC(Nc2cnnc(Nc3ccc4c(c3)OCO4)n2)C1. The topological polar surface area (TPSA) is 115 Å². The van der Waals surface area contributed by atoms with Crippen molar-refractivity contribution in [3.63, 3.8) is 0 Å². The van der Waals surface area contributed by atoms with Gasteiger partial charge in [-0.1, -0.05) is 0 Å². The van der Waals surface area contributed by atoms with Crippen LogP contribution in [0.2, 0.25) is 0 Å². The van der Waals surface area contributed by atoms with E-state index in [1.807, 2.05) is 6.07 Å². The molecule has 2 aliphatic heterocycles. The molecule has 1 aromatic carbocycles. The summed E-state index contributed by atoms with van der Waals surface area (Å²) < 4.78 is 33.6. The van der Waals surface area contributed by atoms with Crippen molar-refractivity contribution in [2.24, 2.45) is 0 Å². The van der Waals surface area contributed by atoms with Crippen LogP contribution in [0.25, 0.3) is 0 Å². The average molecular weight is 349 g/mol. The Balaban J connectivity index is 1.47. The molecule has 2 aliphatic rings. The molecule has 0 aliphatic carbocycles. The maximum Gasteiger partial charge on any atom is 0.249 e. The van der Waals surface area contributed by atoms with Crippen LogP contribution in [0.4, 0.5) is 17.5 Å². The van der Waals surface area contributed by atoms with E-state index in [-0.39, 0.29) is 24.3 Å². The predicted octanol–water partition coefficient (Wildman–Crippen LogP) is 0.943. The van der Waals surface area contributed by atoms with Crippen LogP contribution in [0, 0.1) is 0 Å². The summed E-state index contributed by atoms with van der Waals surface area (Å²) in [6.07, 6.45) is 2.03. The molecule has 2 N–H and O–H groups in total. The number of anilines is 3. The van der Waals surface area contributed by atoms with Crippen LogP contribution in [-0.4, -0.2) is 47.9 Å². The van der Waals surface area contributed by atoms with E-state index in [1.54, 1.807) is 12.1 Å². The molecule has 126 valence electrons. The normalized spacial score (nSPS) is 20.8. The van der Waals surface area contributed by atoms with Gasteiger partial charge in [-0.05, 0) is 18.6 Å². The van der Waals surface area contributed by atoms with E-state index >= 15 is 0 Å². The molecule has 1 unspecified atom stereocenters. The van der Waals surface area contributed by atoms with E-state index in [0.717, 1.165) is 5.69 Å². The Labute approximate surface area is 138 Å². The molecule has 1 atom stereocenters. The highest BCUT2D eigenvalue weighted by atomic mass is 32.2. The fourth-order valence-electron chi connectivity index (χ4n) is 2.65. The fourth-order valence-corrected chi connectivity index (χ4v) is 4.32. The van der Waals surface area contributed by atoms with Gasteiger partial charge >= 0.3 is 0 Å². The number of hydrogen-bond acceptors (Lipinski definition) is 9. The van der Waals surface area contributed by atoms with Gasteiger partial charge in [-0.3, -0.25) is 0 Å². The third-order valence-electron chi connectivity index (χ3n) is 3.77.